The average molecular weight is 686 g/mol. The molecule has 2 aromatic carbocycles. The first-order valence-electron chi connectivity index (χ1n) is 16.8. The normalized spacial score (nSPS) is 12.5. The lowest BCUT2D eigenvalue weighted by Gasteiger charge is -2.17. The van der Waals surface area contributed by atoms with Gasteiger partial charge in [-0.1, -0.05) is 89.6 Å². The highest BCUT2D eigenvalue weighted by molar-refractivity contribution is 7.16. The van der Waals surface area contributed by atoms with Gasteiger partial charge in [0, 0.05) is 18.0 Å². The zero-order valence-corrected chi connectivity index (χ0v) is 30.5. The number of fused-ring (bicyclic) bond motifs is 1. The summed E-state index contributed by atoms with van der Waals surface area (Å²) < 4.78 is 22.1. The summed E-state index contributed by atoms with van der Waals surface area (Å²) >= 11 is 1.65. The van der Waals surface area contributed by atoms with Crippen LogP contribution in [0.4, 0.5) is 17.2 Å². The van der Waals surface area contributed by atoms with Crippen molar-refractivity contribution in [3.8, 4) is 23.5 Å². The van der Waals surface area contributed by atoms with Crippen molar-refractivity contribution >= 4 is 38.7 Å². The van der Waals surface area contributed by atoms with Gasteiger partial charge in [-0.2, -0.15) is 19.7 Å². The van der Waals surface area contributed by atoms with Gasteiger partial charge in [-0.05, 0) is 30.9 Å². The number of hydrogen-bond acceptors (Lipinski definition) is 11. The maximum absolute atomic E-state index is 6.73. The van der Waals surface area contributed by atoms with Crippen LogP contribution in [0.5, 0.6) is 17.5 Å². The smallest absolute Gasteiger partial charge is 0.259 e. The van der Waals surface area contributed by atoms with E-state index < -0.39 is 5.41 Å². The first-order valence-corrected chi connectivity index (χ1v) is 17.6. The number of thiazole rings is 1. The molecular formula is C36H47N9O3S. The molecule has 5 rings (SSSR count). The third kappa shape index (κ3) is 8.10. The second-order valence-electron chi connectivity index (χ2n) is 12.7. The first-order chi connectivity index (χ1) is 23.6. The summed E-state index contributed by atoms with van der Waals surface area (Å²) in [6.07, 6.45) is 3.84. The van der Waals surface area contributed by atoms with Gasteiger partial charge >= 0.3 is 0 Å². The van der Waals surface area contributed by atoms with Crippen molar-refractivity contribution in [2.45, 2.75) is 85.3 Å². The van der Waals surface area contributed by atoms with Crippen LogP contribution in [0, 0.1) is 0 Å². The molecule has 0 amide bonds. The Bertz CT molecular complexity index is 1950. The lowest BCUT2D eigenvalue weighted by molar-refractivity contribution is 0.194. The molecule has 5 aromatic rings. The maximum Gasteiger partial charge on any atom is 0.259 e. The average Bonchev–Trinajstić information content (AvgIpc) is 3.62. The first kappa shape index (κ1) is 35.5. The van der Waals surface area contributed by atoms with E-state index in [9.17, 15) is 0 Å². The number of hydrogen-bond donors (Lipinski definition) is 1. The van der Waals surface area contributed by atoms with E-state index in [1.165, 1.54) is 24.5 Å². The van der Waals surface area contributed by atoms with Crippen LogP contribution in [0.1, 0.15) is 78.5 Å². The van der Waals surface area contributed by atoms with Crippen LogP contribution < -0.4 is 24.7 Å². The molecule has 12 nitrogen and oxygen atoms in total. The Kier molecular flexibility index (Phi) is 11.3. The molecule has 13 heteroatoms. The number of azo groups is 1. The summed E-state index contributed by atoms with van der Waals surface area (Å²) in [6.45, 7) is 14.0. The van der Waals surface area contributed by atoms with Gasteiger partial charge in [-0.25, -0.2) is 0 Å². The Morgan fingerprint density at radius 1 is 0.939 bits per heavy atom. The molecule has 0 aliphatic rings. The van der Waals surface area contributed by atoms with Gasteiger partial charge in [-0.15, -0.1) is 10.2 Å². The van der Waals surface area contributed by atoms with Crippen molar-refractivity contribution in [1.82, 2.24) is 24.3 Å². The van der Waals surface area contributed by atoms with Crippen LogP contribution in [0.15, 0.2) is 63.8 Å². The van der Waals surface area contributed by atoms with Crippen molar-refractivity contribution in [3.05, 3.63) is 64.6 Å². The molecule has 0 saturated heterocycles. The van der Waals surface area contributed by atoms with E-state index in [0.29, 0.717) is 41.1 Å². The molecule has 49 heavy (non-hydrogen) atoms. The fourth-order valence-corrected chi connectivity index (χ4v) is 6.31. The van der Waals surface area contributed by atoms with Crippen molar-refractivity contribution in [2.24, 2.45) is 15.2 Å². The Morgan fingerprint density at radius 2 is 1.63 bits per heavy atom. The molecule has 0 radical (unpaired) electrons. The Morgan fingerprint density at radius 3 is 2.24 bits per heavy atom. The summed E-state index contributed by atoms with van der Waals surface area (Å²) in [5.41, 5.74) is 10.2. The fourth-order valence-electron chi connectivity index (χ4n) is 5.24. The number of nitrogen functional groups attached to an aromatic ring is 1. The molecule has 260 valence electrons. The summed E-state index contributed by atoms with van der Waals surface area (Å²) in [7, 11) is 3.05. The highest BCUT2D eigenvalue weighted by Crippen LogP contribution is 2.41. The van der Waals surface area contributed by atoms with E-state index in [2.05, 4.69) is 65.6 Å². The van der Waals surface area contributed by atoms with Crippen LogP contribution >= 0.6 is 11.3 Å². The van der Waals surface area contributed by atoms with Gasteiger partial charge < -0.3 is 24.5 Å². The SMILES string of the molecule is CCCCN=c1sc2cc(N=Nc3c(C(C)(C)C)nn(-c4nc(OC)cc(OC)n4)c3N)c(OC(CC)CC)cc2n1Cc1ccccc1. The number of unbranched alkanes of at least 4 members (excludes halogenated alkanes) is 1. The summed E-state index contributed by atoms with van der Waals surface area (Å²) in [4.78, 5) is 14.9. The number of nitrogens with two attached hydrogens (primary N) is 1. The molecule has 0 spiro atoms. The van der Waals surface area contributed by atoms with Gasteiger partial charge in [-0.3, -0.25) is 4.99 Å². The quantitative estimate of drug-likeness (QED) is 0.0916. The van der Waals surface area contributed by atoms with Gasteiger partial charge in [0.05, 0.1) is 48.8 Å². The van der Waals surface area contributed by atoms with Crippen LogP contribution in [0.25, 0.3) is 16.2 Å². The molecule has 2 N–H and O–H groups in total. The molecule has 0 saturated carbocycles. The van der Waals surface area contributed by atoms with E-state index in [-0.39, 0.29) is 17.9 Å². The third-order valence-electron chi connectivity index (χ3n) is 8.05. The number of aromatic nitrogens is 5. The lowest BCUT2D eigenvalue weighted by Crippen LogP contribution is -2.17. The molecule has 0 aliphatic heterocycles. The van der Waals surface area contributed by atoms with E-state index in [0.717, 1.165) is 47.2 Å². The van der Waals surface area contributed by atoms with Gasteiger partial charge in [0.2, 0.25) is 11.8 Å². The fraction of sp³-hybridized carbons (Fsp3) is 0.444. The minimum Gasteiger partial charge on any atom is -0.488 e. The lowest BCUT2D eigenvalue weighted by atomic mass is 9.91. The van der Waals surface area contributed by atoms with Gasteiger partial charge in [0.15, 0.2) is 16.3 Å². The number of benzene rings is 2. The standard InChI is InChI=1S/C36H47N9O3S/c1-9-12-18-38-35-44(22-23-16-14-13-15-17-23)26-20-27(48-24(10-2)11-3)25(19-28(26)49-35)41-42-31-32(36(4,5)6)43-45(33(31)37)34-39-29(46-7)21-30(40-34)47-8/h13-17,19-21,24H,9-12,18,22,37H2,1-8H3. The summed E-state index contributed by atoms with van der Waals surface area (Å²) in [5, 5.41) is 14.4. The van der Waals surface area contributed by atoms with Crippen molar-refractivity contribution < 1.29 is 14.2 Å². The topological polar surface area (TPSA) is 139 Å². The molecule has 0 atom stereocenters. The molecular weight excluding hydrogens is 639 g/mol. The minimum atomic E-state index is -0.429. The number of nitrogens with zero attached hydrogens (tertiary/aromatic N) is 8. The Labute approximate surface area is 291 Å². The van der Waals surface area contributed by atoms with Crippen LogP contribution in [0.3, 0.4) is 0 Å². The third-order valence-corrected chi connectivity index (χ3v) is 9.13. The Hall–Kier alpha value is -4.78. The minimum absolute atomic E-state index is 0.0134. The predicted octanol–water partition coefficient (Wildman–Crippen LogP) is 8.31. The Balaban J connectivity index is 1.67. The summed E-state index contributed by atoms with van der Waals surface area (Å²) in [6, 6.07) is 16.1. The molecule has 0 aliphatic carbocycles. The second kappa shape index (κ2) is 15.6. The van der Waals surface area contributed by atoms with E-state index >= 15 is 0 Å². The number of rotatable bonds is 14. The number of ether oxygens (including phenoxy) is 3. The highest BCUT2D eigenvalue weighted by atomic mass is 32.1. The van der Waals surface area contributed by atoms with Gasteiger partial charge in [0.1, 0.15) is 11.4 Å². The van der Waals surface area contributed by atoms with Gasteiger partial charge in [0.25, 0.3) is 5.95 Å². The monoisotopic (exact) mass is 685 g/mol. The summed E-state index contributed by atoms with van der Waals surface area (Å²) in [5.74, 6) is 1.71. The zero-order valence-electron chi connectivity index (χ0n) is 29.7. The zero-order chi connectivity index (χ0) is 35.1. The van der Waals surface area contributed by atoms with Crippen LogP contribution in [0.2, 0.25) is 0 Å². The van der Waals surface area contributed by atoms with Crippen LogP contribution in [-0.4, -0.2) is 51.2 Å². The maximum atomic E-state index is 6.73. The number of methoxy groups -OCH3 is 2. The second-order valence-corrected chi connectivity index (χ2v) is 13.7. The highest BCUT2D eigenvalue weighted by Gasteiger charge is 2.28. The molecule has 3 heterocycles. The molecule has 3 aromatic heterocycles. The van der Waals surface area contributed by atoms with E-state index in [1.807, 2.05) is 32.9 Å². The van der Waals surface area contributed by atoms with Crippen LogP contribution in [-0.2, 0) is 12.0 Å². The van der Waals surface area contributed by atoms with Crippen molar-refractivity contribution in [1.29, 1.82) is 0 Å². The molecule has 0 bridgehead atoms. The molecule has 0 unspecified atom stereocenters. The molecule has 0 fully saturated rings. The predicted molar refractivity (Wildman–Crippen MR) is 195 cm³/mol. The largest absolute Gasteiger partial charge is 0.488 e. The van der Waals surface area contributed by atoms with Crippen molar-refractivity contribution in [2.75, 3.05) is 26.5 Å². The van der Waals surface area contributed by atoms with E-state index in [4.69, 9.17) is 40.3 Å². The van der Waals surface area contributed by atoms with Crippen molar-refractivity contribution in [3.63, 3.8) is 0 Å². The van der Waals surface area contributed by atoms with E-state index in [1.54, 1.807) is 17.4 Å². The number of anilines is 1.